The van der Waals surface area contributed by atoms with Crippen molar-refractivity contribution in [2.24, 2.45) is 0 Å². The molecule has 0 saturated heterocycles. The highest BCUT2D eigenvalue weighted by atomic mass is 15.2. The highest BCUT2D eigenvalue weighted by molar-refractivity contribution is 7.00. The van der Waals surface area contributed by atoms with Crippen LogP contribution in [0.15, 0.2) is 116 Å². The largest absolute Gasteiger partial charge is 0.311 e. The molecule has 0 spiro atoms. The fourth-order valence-electron chi connectivity index (χ4n) is 8.97. The van der Waals surface area contributed by atoms with Crippen LogP contribution < -0.4 is 26.2 Å². The fourth-order valence-corrected chi connectivity index (χ4v) is 8.97. The zero-order valence-electron chi connectivity index (χ0n) is 38.4. The number of hydrogen-bond donors (Lipinski definition) is 0. The van der Waals surface area contributed by atoms with Gasteiger partial charge >= 0.3 is 0 Å². The van der Waals surface area contributed by atoms with E-state index in [0.717, 1.165) is 11.3 Å². The summed E-state index contributed by atoms with van der Waals surface area (Å²) in [5, 5.41) is 0. The smallest absolute Gasteiger partial charge is 0.252 e. The summed E-state index contributed by atoms with van der Waals surface area (Å²) in [5.74, 6) is 0. The molecule has 2 aliphatic rings. The van der Waals surface area contributed by atoms with Crippen molar-refractivity contribution in [3.8, 4) is 11.1 Å². The van der Waals surface area contributed by atoms with Crippen LogP contribution in [0.3, 0.4) is 0 Å². The van der Waals surface area contributed by atoms with Crippen LogP contribution in [0.25, 0.3) is 11.1 Å². The molecule has 0 fully saturated rings. The number of anilines is 6. The normalized spacial score (nSPS) is 14.3. The highest BCUT2D eigenvalue weighted by Crippen LogP contribution is 2.49. The molecule has 3 nitrogen and oxygen atoms in total. The van der Waals surface area contributed by atoms with Crippen LogP contribution in [0.5, 0.6) is 0 Å². The third-order valence-electron chi connectivity index (χ3n) is 12.7. The lowest BCUT2D eigenvalue weighted by molar-refractivity contribution is 0.589. The molecule has 302 valence electrons. The van der Waals surface area contributed by atoms with Crippen LogP contribution >= 0.6 is 0 Å². The minimum absolute atomic E-state index is 0.0162. The summed E-state index contributed by atoms with van der Waals surface area (Å²) in [6.07, 6.45) is 3.90. The summed E-state index contributed by atoms with van der Waals surface area (Å²) in [5.41, 5.74) is 20.2. The van der Waals surface area contributed by atoms with E-state index < -0.39 is 0 Å². The third kappa shape index (κ3) is 7.21. The molecule has 0 bridgehead atoms. The molecule has 8 rings (SSSR count). The maximum Gasteiger partial charge on any atom is 0.252 e. The van der Waals surface area contributed by atoms with E-state index in [1.165, 1.54) is 78.2 Å². The molecule has 5 aromatic carbocycles. The Labute approximate surface area is 356 Å². The van der Waals surface area contributed by atoms with Gasteiger partial charge in [-0.3, -0.25) is 4.98 Å². The van der Waals surface area contributed by atoms with Gasteiger partial charge in [0.2, 0.25) is 0 Å². The predicted octanol–water partition coefficient (Wildman–Crippen LogP) is 13.3. The first-order chi connectivity index (χ1) is 27.4. The average molecular weight is 778 g/mol. The van der Waals surface area contributed by atoms with E-state index in [2.05, 4.69) is 222 Å². The van der Waals surface area contributed by atoms with E-state index in [0.29, 0.717) is 0 Å². The average Bonchev–Trinajstić information content (AvgIpc) is 3.15. The SMILES string of the molecule is CC(C)(C)c1ccc(N2c3ccc(C(C)(C)C)cc3B3c4cc(C(C)(C)C)ccc4N(c4ccc(C(C)(C)C)cc4-c4cccnc4)c4cc(C(C)(C)C)cc2c43)cc1. The molecule has 59 heavy (non-hydrogen) atoms. The van der Waals surface area contributed by atoms with Crippen LogP contribution in [0, 0.1) is 0 Å². The summed E-state index contributed by atoms with van der Waals surface area (Å²) in [6, 6.07) is 40.4. The Morgan fingerprint density at radius 1 is 0.407 bits per heavy atom. The van der Waals surface area contributed by atoms with Crippen molar-refractivity contribution in [2.75, 3.05) is 9.80 Å². The van der Waals surface area contributed by atoms with Gasteiger partial charge in [0.1, 0.15) is 0 Å². The van der Waals surface area contributed by atoms with Crippen LogP contribution in [-0.2, 0) is 27.1 Å². The van der Waals surface area contributed by atoms with Crippen molar-refractivity contribution < 1.29 is 0 Å². The van der Waals surface area contributed by atoms with Gasteiger partial charge in [-0.15, -0.1) is 0 Å². The van der Waals surface area contributed by atoms with Crippen molar-refractivity contribution >= 4 is 57.2 Å². The second-order valence-corrected chi connectivity index (χ2v) is 22.3. The molecule has 0 radical (unpaired) electrons. The number of hydrogen-bond acceptors (Lipinski definition) is 3. The highest BCUT2D eigenvalue weighted by Gasteiger charge is 2.45. The quantitative estimate of drug-likeness (QED) is 0.167. The Bertz CT molecular complexity index is 2570. The van der Waals surface area contributed by atoms with Crippen molar-refractivity contribution in [1.29, 1.82) is 0 Å². The number of nitrogens with zero attached hydrogens (tertiary/aromatic N) is 3. The van der Waals surface area contributed by atoms with E-state index in [1.54, 1.807) is 0 Å². The Morgan fingerprint density at radius 2 is 0.847 bits per heavy atom. The second kappa shape index (κ2) is 13.7. The van der Waals surface area contributed by atoms with E-state index >= 15 is 0 Å². The van der Waals surface area contributed by atoms with E-state index in [9.17, 15) is 0 Å². The van der Waals surface area contributed by atoms with Gasteiger partial charge in [0.05, 0.1) is 5.69 Å². The Hall–Kier alpha value is -5.09. The summed E-state index contributed by atoms with van der Waals surface area (Å²) in [6.45, 7) is 34.9. The molecule has 0 aliphatic carbocycles. The lowest BCUT2D eigenvalue weighted by Crippen LogP contribution is -2.62. The number of pyridine rings is 1. The Balaban J connectivity index is 1.53. The van der Waals surface area contributed by atoms with Gasteiger partial charge in [-0.05, 0) is 126 Å². The van der Waals surface area contributed by atoms with Gasteiger partial charge in [-0.25, -0.2) is 0 Å². The first-order valence-electron chi connectivity index (χ1n) is 21.7. The zero-order valence-corrected chi connectivity index (χ0v) is 38.4. The van der Waals surface area contributed by atoms with Crippen molar-refractivity contribution in [3.05, 3.63) is 143 Å². The molecule has 2 aliphatic heterocycles. The lowest BCUT2D eigenvalue weighted by atomic mass is 9.33. The Morgan fingerprint density at radius 3 is 1.32 bits per heavy atom. The molecule has 0 amide bonds. The number of benzene rings is 5. The molecule has 6 aromatic rings. The van der Waals surface area contributed by atoms with E-state index in [1.807, 2.05) is 12.4 Å². The fraction of sp³-hybridized carbons (Fsp3) is 0.364. The van der Waals surface area contributed by atoms with Gasteiger partial charge in [-0.1, -0.05) is 152 Å². The standard InChI is InChI=1S/C55H64BN3/c1-51(2,3)36-18-23-41(24-19-36)58-46-26-21-38(53(7,8)9)30-43(46)56-44-31-39(54(10,11)12)22-27-47(44)59(49-33-40(55(13,14)15)32-48(58)50(49)56)45-25-20-37(52(4,5)6)29-42(45)35-17-16-28-57-34-35/h16-34H,1-15H3. The summed E-state index contributed by atoms with van der Waals surface area (Å²) < 4.78 is 0. The minimum Gasteiger partial charge on any atom is -0.311 e. The van der Waals surface area contributed by atoms with Gasteiger partial charge in [0.15, 0.2) is 0 Å². The molecular formula is C55H64BN3. The van der Waals surface area contributed by atoms with Gasteiger partial charge in [-0.2, -0.15) is 0 Å². The molecule has 0 N–H and O–H groups in total. The first-order valence-corrected chi connectivity index (χ1v) is 21.7. The van der Waals surface area contributed by atoms with Crippen molar-refractivity contribution in [2.45, 2.75) is 131 Å². The van der Waals surface area contributed by atoms with Crippen LogP contribution in [-0.4, -0.2) is 11.7 Å². The van der Waals surface area contributed by atoms with Crippen LogP contribution in [0.4, 0.5) is 34.1 Å². The topological polar surface area (TPSA) is 19.4 Å². The van der Waals surface area contributed by atoms with Crippen LogP contribution in [0.2, 0.25) is 0 Å². The molecule has 0 unspecified atom stereocenters. The van der Waals surface area contributed by atoms with Gasteiger partial charge in [0, 0.05) is 52.0 Å². The summed E-state index contributed by atoms with van der Waals surface area (Å²) in [7, 11) is 0. The minimum atomic E-state index is -0.108. The molecule has 1 aromatic heterocycles. The van der Waals surface area contributed by atoms with E-state index in [-0.39, 0.29) is 33.8 Å². The first kappa shape index (κ1) is 40.7. The Kier molecular flexibility index (Phi) is 9.47. The van der Waals surface area contributed by atoms with Gasteiger partial charge < -0.3 is 9.80 Å². The number of aromatic nitrogens is 1. The molecular weight excluding hydrogens is 713 g/mol. The van der Waals surface area contributed by atoms with E-state index in [4.69, 9.17) is 0 Å². The molecule has 3 heterocycles. The number of rotatable bonds is 3. The van der Waals surface area contributed by atoms with Crippen LogP contribution in [0.1, 0.15) is 132 Å². The maximum absolute atomic E-state index is 4.65. The molecule has 4 heteroatoms. The second-order valence-electron chi connectivity index (χ2n) is 22.3. The summed E-state index contributed by atoms with van der Waals surface area (Å²) in [4.78, 5) is 9.82. The number of fused-ring (bicyclic) bond motifs is 4. The predicted molar refractivity (Wildman–Crippen MR) is 257 cm³/mol. The van der Waals surface area contributed by atoms with Crippen molar-refractivity contribution in [1.82, 2.24) is 4.98 Å². The monoisotopic (exact) mass is 778 g/mol. The van der Waals surface area contributed by atoms with Crippen molar-refractivity contribution in [3.63, 3.8) is 0 Å². The lowest BCUT2D eigenvalue weighted by Gasteiger charge is -2.46. The molecule has 0 atom stereocenters. The van der Waals surface area contributed by atoms with Gasteiger partial charge in [0.25, 0.3) is 6.71 Å². The zero-order chi connectivity index (χ0) is 42.6. The maximum atomic E-state index is 4.65. The molecule has 0 saturated carbocycles. The third-order valence-corrected chi connectivity index (χ3v) is 12.7. The summed E-state index contributed by atoms with van der Waals surface area (Å²) >= 11 is 0.